The Bertz CT molecular complexity index is 1080. The molecule has 3 aromatic heterocycles. The Morgan fingerprint density at radius 3 is 2.86 bits per heavy atom. The third kappa shape index (κ3) is 3.59. The number of nitrogens with zero attached hydrogens (tertiary/aromatic N) is 4. The van der Waals surface area contributed by atoms with E-state index in [1.54, 1.807) is 30.3 Å². The molecule has 0 saturated carbocycles. The van der Waals surface area contributed by atoms with Crippen molar-refractivity contribution in [3.63, 3.8) is 0 Å². The lowest BCUT2D eigenvalue weighted by Crippen LogP contribution is -2.67. The molecule has 0 unspecified atom stereocenters. The van der Waals surface area contributed by atoms with Gasteiger partial charge in [-0.3, -0.25) is 9.78 Å². The minimum absolute atomic E-state index is 0.405. The van der Waals surface area contributed by atoms with Crippen molar-refractivity contribution in [3.8, 4) is 11.3 Å². The Morgan fingerprint density at radius 2 is 2.17 bits per heavy atom. The molecule has 0 bridgehead atoms. The molecule has 0 radical (unpaired) electrons. The summed E-state index contributed by atoms with van der Waals surface area (Å²) in [6.45, 7) is 0.700. The molecule has 1 fully saturated rings. The van der Waals surface area contributed by atoms with Gasteiger partial charge in [0, 0.05) is 29.9 Å². The van der Waals surface area contributed by atoms with Gasteiger partial charge in [0.15, 0.2) is 0 Å². The number of anilines is 1. The second-order valence-corrected chi connectivity index (χ2v) is 7.42. The number of amides is 1. The summed E-state index contributed by atoms with van der Waals surface area (Å²) < 4.78 is 37.3. The smallest absolute Gasteiger partial charge is 0.345 e. The van der Waals surface area contributed by atoms with Crippen molar-refractivity contribution in [2.24, 2.45) is 0 Å². The number of H-pyrrole nitrogens is 1. The van der Waals surface area contributed by atoms with Crippen LogP contribution in [0.5, 0.6) is 0 Å². The summed E-state index contributed by atoms with van der Waals surface area (Å²) in [5.74, 6) is -0.292. The third-order valence-electron chi connectivity index (χ3n) is 5.03. The molecule has 3 aromatic rings. The van der Waals surface area contributed by atoms with Gasteiger partial charge in [0.05, 0.1) is 23.1 Å². The van der Waals surface area contributed by atoms with Crippen LogP contribution in [-0.4, -0.2) is 50.6 Å². The highest BCUT2D eigenvalue weighted by atomic mass is 35.5. The molecule has 0 spiro atoms. The maximum absolute atomic E-state index is 12.4. The quantitative estimate of drug-likeness (QED) is 0.671. The van der Waals surface area contributed by atoms with Crippen molar-refractivity contribution in [2.75, 3.05) is 18.0 Å². The first-order valence-corrected chi connectivity index (χ1v) is 9.13. The third-order valence-corrected chi connectivity index (χ3v) is 5.24. The van der Waals surface area contributed by atoms with E-state index < -0.39 is 24.2 Å². The van der Waals surface area contributed by atoms with Crippen molar-refractivity contribution in [2.45, 2.75) is 25.1 Å². The summed E-state index contributed by atoms with van der Waals surface area (Å²) >= 11 is 6.04. The minimum Gasteiger partial charge on any atom is -0.345 e. The van der Waals surface area contributed by atoms with Crippen molar-refractivity contribution in [1.29, 1.82) is 0 Å². The SMILES string of the molecule is C[C@@]1(C(=O)NCC(F)(F)F)CCN1c1cncc(-c2c[nH]c3ncc(Cl)cc23)n1. The van der Waals surface area contributed by atoms with Crippen LogP contribution in [0.1, 0.15) is 13.3 Å². The fourth-order valence-corrected chi connectivity index (χ4v) is 3.50. The molecule has 1 aliphatic rings. The van der Waals surface area contributed by atoms with Gasteiger partial charge in [0.2, 0.25) is 5.91 Å². The van der Waals surface area contributed by atoms with Gasteiger partial charge in [-0.2, -0.15) is 13.2 Å². The first kappa shape index (κ1) is 19.4. The molecular weight excluding hydrogens is 409 g/mol. The number of carbonyl (C=O) groups excluding carboxylic acids is 1. The Kier molecular flexibility index (Phi) is 4.60. The van der Waals surface area contributed by atoms with Crippen LogP contribution in [0.2, 0.25) is 5.02 Å². The Morgan fingerprint density at radius 1 is 1.38 bits per heavy atom. The highest BCUT2D eigenvalue weighted by molar-refractivity contribution is 6.31. The summed E-state index contributed by atoms with van der Waals surface area (Å²) in [5, 5.41) is 3.19. The van der Waals surface area contributed by atoms with Gasteiger partial charge in [-0.25, -0.2) is 9.97 Å². The van der Waals surface area contributed by atoms with E-state index in [4.69, 9.17) is 11.6 Å². The van der Waals surface area contributed by atoms with Crippen LogP contribution in [0.3, 0.4) is 0 Å². The minimum atomic E-state index is -4.47. The largest absolute Gasteiger partial charge is 0.405 e. The molecule has 1 amide bonds. The second kappa shape index (κ2) is 6.87. The van der Waals surface area contributed by atoms with E-state index in [0.29, 0.717) is 35.1 Å². The predicted octanol–water partition coefficient (Wildman–Crippen LogP) is 3.32. The molecule has 4 rings (SSSR count). The number of hydrogen-bond acceptors (Lipinski definition) is 5. The number of alkyl halides is 3. The second-order valence-electron chi connectivity index (χ2n) is 6.99. The normalized spacial score (nSPS) is 19.3. The summed E-state index contributed by atoms with van der Waals surface area (Å²) in [6.07, 6.45) is 2.25. The molecular formula is C18H16ClF3N6O. The Labute approximate surface area is 168 Å². The number of halogens is 4. The number of hydrogen-bond donors (Lipinski definition) is 2. The van der Waals surface area contributed by atoms with E-state index in [9.17, 15) is 18.0 Å². The lowest BCUT2D eigenvalue weighted by Gasteiger charge is -2.49. The number of rotatable bonds is 4. The average molecular weight is 425 g/mol. The van der Waals surface area contributed by atoms with Crippen LogP contribution in [0, 0.1) is 0 Å². The standard InChI is InChI=1S/C18H16ClF3N6O/c1-17(16(29)26-9-18(20,21)22)2-3-28(17)14-8-23-7-13(27-14)12-6-25-15-11(12)4-10(19)5-24-15/h4-8H,2-3,9H2,1H3,(H,24,25)(H,26,29)/t17-/m0/s1. The van der Waals surface area contributed by atoms with E-state index in [-0.39, 0.29) is 0 Å². The molecule has 0 aromatic carbocycles. The van der Waals surface area contributed by atoms with Gasteiger partial charge in [-0.1, -0.05) is 11.6 Å². The van der Waals surface area contributed by atoms with Gasteiger partial charge in [-0.15, -0.1) is 0 Å². The molecule has 0 aliphatic carbocycles. The van der Waals surface area contributed by atoms with Gasteiger partial charge in [0.1, 0.15) is 23.5 Å². The molecule has 1 saturated heterocycles. The van der Waals surface area contributed by atoms with Crippen LogP contribution < -0.4 is 10.2 Å². The van der Waals surface area contributed by atoms with Crippen molar-refractivity contribution < 1.29 is 18.0 Å². The summed E-state index contributed by atoms with van der Waals surface area (Å²) in [6, 6.07) is 1.75. The molecule has 2 N–H and O–H groups in total. The topological polar surface area (TPSA) is 86.8 Å². The Hall–Kier alpha value is -2.88. The van der Waals surface area contributed by atoms with Gasteiger partial charge >= 0.3 is 6.18 Å². The van der Waals surface area contributed by atoms with Crippen LogP contribution in [-0.2, 0) is 4.79 Å². The fourth-order valence-electron chi connectivity index (χ4n) is 3.34. The molecule has 1 aliphatic heterocycles. The van der Waals surface area contributed by atoms with Crippen molar-refractivity contribution >= 4 is 34.4 Å². The fraction of sp³-hybridized carbons (Fsp3) is 0.333. The highest BCUT2D eigenvalue weighted by Crippen LogP contribution is 2.36. The number of pyridine rings is 1. The zero-order valence-corrected chi connectivity index (χ0v) is 16.0. The first-order valence-electron chi connectivity index (χ1n) is 8.75. The molecule has 7 nitrogen and oxygen atoms in total. The van der Waals surface area contributed by atoms with Crippen LogP contribution >= 0.6 is 11.6 Å². The summed E-state index contributed by atoms with van der Waals surface area (Å²) in [4.78, 5) is 30.0. The lowest BCUT2D eigenvalue weighted by molar-refractivity contribution is -0.142. The number of carbonyl (C=O) groups is 1. The maximum Gasteiger partial charge on any atom is 0.405 e. The zero-order chi connectivity index (χ0) is 20.8. The van der Waals surface area contributed by atoms with Gasteiger partial charge in [0.25, 0.3) is 0 Å². The van der Waals surface area contributed by atoms with Crippen LogP contribution in [0.15, 0.2) is 30.9 Å². The molecule has 152 valence electrons. The summed E-state index contributed by atoms with van der Waals surface area (Å²) in [5.41, 5.74) is 0.775. The number of fused-ring (bicyclic) bond motifs is 1. The summed E-state index contributed by atoms with van der Waals surface area (Å²) in [7, 11) is 0. The van der Waals surface area contributed by atoms with Crippen molar-refractivity contribution in [1.82, 2.24) is 25.3 Å². The number of aromatic amines is 1. The van der Waals surface area contributed by atoms with E-state index >= 15 is 0 Å². The van der Waals surface area contributed by atoms with E-state index in [0.717, 1.165) is 10.9 Å². The van der Waals surface area contributed by atoms with E-state index in [1.807, 2.05) is 5.32 Å². The molecule has 29 heavy (non-hydrogen) atoms. The number of nitrogens with one attached hydrogen (secondary N) is 2. The predicted molar refractivity (Wildman–Crippen MR) is 102 cm³/mol. The van der Waals surface area contributed by atoms with E-state index in [2.05, 4.69) is 19.9 Å². The van der Waals surface area contributed by atoms with Crippen molar-refractivity contribution in [3.05, 3.63) is 35.9 Å². The van der Waals surface area contributed by atoms with Crippen LogP contribution in [0.25, 0.3) is 22.3 Å². The number of aromatic nitrogens is 4. The average Bonchev–Trinajstić information content (AvgIpc) is 3.07. The lowest BCUT2D eigenvalue weighted by atomic mass is 9.85. The van der Waals surface area contributed by atoms with Crippen LogP contribution in [0.4, 0.5) is 19.0 Å². The molecule has 1 atom stereocenters. The highest BCUT2D eigenvalue weighted by Gasteiger charge is 2.48. The monoisotopic (exact) mass is 424 g/mol. The van der Waals surface area contributed by atoms with Gasteiger partial charge < -0.3 is 15.2 Å². The zero-order valence-electron chi connectivity index (χ0n) is 15.2. The Balaban J connectivity index is 1.62. The maximum atomic E-state index is 12.4. The van der Waals surface area contributed by atoms with Gasteiger partial charge in [-0.05, 0) is 19.4 Å². The molecule has 11 heteroatoms. The van der Waals surface area contributed by atoms with E-state index in [1.165, 1.54) is 12.4 Å². The first-order chi connectivity index (χ1) is 13.7. The molecule has 4 heterocycles.